The quantitative estimate of drug-likeness (QED) is 0.789. The summed E-state index contributed by atoms with van der Waals surface area (Å²) < 4.78 is 14.7. The van der Waals surface area contributed by atoms with Crippen molar-refractivity contribution in [3.8, 4) is 0 Å². The van der Waals surface area contributed by atoms with Gasteiger partial charge in [-0.05, 0) is 18.6 Å². The largest absolute Gasteiger partial charge is 0.396 e. The first kappa shape index (κ1) is 9.92. The molecule has 5 heteroatoms. The normalized spacial score (nSPS) is 11.1. The summed E-state index contributed by atoms with van der Waals surface area (Å²) in [6.45, 7) is 0.396. The number of aromatic amines is 1. The molecule has 0 aliphatic rings. The van der Waals surface area contributed by atoms with Crippen LogP contribution in [0.15, 0.2) is 23.0 Å². The van der Waals surface area contributed by atoms with Crippen molar-refractivity contribution in [2.75, 3.05) is 6.61 Å². The molecule has 0 amide bonds. The monoisotopic (exact) mass is 210 g/mol. The number of hydrogen-bond acceptors (Lipinski definition) is 2. The van der Waals surface area contributed by atoms with E-state index in [1.54, 1.807) is 12.1 Å². The average Bonchev–Trinajstić information content (AvgIpc) is 2.54. The molecule has 1 heterocycles. The predicted molar refractivity (Wildman–Crippen MR) is 54.2 cm³/mol. The van der Waals surface area contributed by atoms with Crippen molar-refractivity contribution < 1.29 is 9.50 Å². The van der Waals surface area contributed by atoms with Gasteiger partial charge in [-0.2, -0.15) is 0 Å². The number of aryl methyl sites for hydroxylation is 1. The molecule has 0 unspecified atom stereocenters. The van der Waals surface area contributed by atoms with E-state index in [2.05, 4.69) is 4.98 Å². The maximum atomic E-state index is 13.3. The number of hydrogen-bond donors (Lipinski definition) is 2. The fourth-order valence-electron chi connectivity index (χ4n) is 1.60. The Balaban J connectivity index is 2.58. The summed E-state index contributed by atoms with van der Waals surface area (Å²) in [6.07, 6.45) is 0.476. The number of aliphatic hydroxyl groups is 1. The van der Waals surface area contributed by atoms with E-state index in [9.17, 15) is 9.18 Å². The molecule has 80 valence electrons. The van der Waals surface area contributed by atoms with E-state index < -0.39 is 5.82 Å². The summed E-state index contributed by atoms with van der Waals surface area (Å²) in [5, 5.41) is 8.68. The van der Waals surface area contributed by atoms with Crippen molar-refractivity contribution in [3.05, 3.63) is 34.5 Å². The molecular formula is C10H11FN2O2. The molecule has 0 aliphatic heterocycles. The summed E-state index contributed by atoms with van der Waals surface area (Å²) in [6, 6.07) is 4.53. The molecular weight excluding hydrogens is 199 g/mol. The van der Waals surface area contributed by atoms with Gasteiger partial charge in [-0.1, -0.05) is 6.07 Å². The lowest BCUT2D eigenvalue weighted by atomic mass is 10.3. The van der Waals surface area contributed by atoms with Crippen LogP contribution in [0.4, 0.5) is 4.39 Å². The van der Waals surface area contributed by atoms with Crippen LogP contribution < -0.4 is 5.69 Å². The number of aliphatic hydroxyl groups excluding tert-OH is 1. The number of nitrogens with one attached hydrogen (secondary N) is 1. The summed E-state index contributed by atoms with van der Waals surface area (Å²) >= 11 is 0. The zero-order chi connectivity index (χ0) is 10.8. The van der Waals surface area contributed by atoms with Crippen LogP contribution in [-0.2, 0) is 6.54 Å². The third-order valence-corrected chi connectivity index (χ3v) is 2.30. The van der Waals surface area contributed by atoms with Gasteiger partial charge in [0.25, 0.3) is 0 Å². The van der Waals surface area contributed by atoms with Crippen LogP contribution in [0.1, 0.15) is 6.42 Å². The van der Waals surface area contributed by atoms with E-state index >= 15 is 0 Å². The Labute approximate surface area is 85.0 Å². The molecule has 0 radical (unpaired) electrons. The van der Waals surface area contributed by atoms with Gasteiger partial charge in [0.15, 0.2) is 0 Å². The summed E-state index contributed by atoms with van der Waals surface area (Å²) in [7, 11) is 0. The molecule has 0 spiro atoms. The van der Waals surface area contributed by atoms with Gasteiger partial charge < -0.3 is 10.1 Å². The van der Waals surface area contributed by atoms with Gasteiger partial charge in [0.1, 0.15) is 11.3 Å². The number of para-hydroxylation sites is 1. The number of imidazole rings is 1. The zero-order valence-corrected chi connectivity index (χ0v) is 8.03. The summed E-state index contributed by atoms with van der Waals surface area (Å²) in [5.74, 6) is -0.438. The van der Waals surface area contributed by atoms with E-state index in [1.807, 2.05) is 0 Å². The molecule has 2 rings (SSSR count). The highest BCUT2D eigenvalue weighted by molar-refractivity contribution is 5.75. The Kier molecular flexibility index (Phi) is 2.55. The van der Waals surface area contributed by atoms with Crippen molar-refractivity contribution in [1.29, 1.82) is 0 Å². The number of halogens is 1. The molecule has 15 heavy (non-hydrogen) atoms. The Morgan fingerprint density at radius 1 is 1.47 bits per heavy atom. The number of benzene rings is 1. The minimum Gasteiger partial charge on any atom is -0.396 e. The molecule has 0 saturated carbocycles. The lowest BCUT2D eigenvalue weighted by Crippen LogP contribution is -2.17. The van der Waals surface area contributed by atoms with Crippen LogP contribution in [0, 0.1) is 5.82 Å². The molecule has 1 aromatic heterocycles. The standard InChI is InChI=1S/C10H11FN2O2/c11-7-3-1-4-8-9(7)12-10(15)13(8)5-2-6-14/h1,3-4,14H,2,5-6H2,(H,12,15). The van der Waals surface area contributed by atoms with Gasteiger partial charge in [0.05, 0.1) is 5.52 Å². The van der Waals surface area contributed by atoms with Crippen LogP contribution in [0.5, 0.6) is 0 Å². The first-order chi connectivity index (χ1) is 7.24. The lowest BCUT2D eigenvalue weighted by Gasteiger charge is -2.00. The Morgan fingerprint density at radius 3 is 3.00 bits per heavy atom. The topological polar surface area (TPSA) is 58.0 Å². The summed E-state index contributed by atoms with van der Waals surface area (Å²) in [5.41, 5.74) is 0.414. The van der Waals surface area contributed by atoms with Gasteiger partial charge in [0, 0.05) is 13.2 Å². The Hall–Kier alpha value is -1.62. The van der Waals surface area contributed by atoms with Crippen molar-refractivity contribution in [1.82, 2.24) is 9.55 Å². The molecule has 1 aromatic carbocycles. The average molecular weight is 210 g/mol. The van der Waals surface area contributed by atoms with Gasteiger partial charge in [-0.15, -0.1) is 0 Å². The number of H-pyrrole nitrogens is 1. The second-order valence-electron chi connectivity index (χ2n) is 3.29. The summed E-state index contributed by atoms with van der Waals surface area (Å²) in [4.78, 5) is 13.9. The Bertz CT molecular complexity index is 530. The van der Waals surface area contributed by atoms with Gasteiger partial charge >= 0.3 is 5.69 Å². The van der Waals surface area contributed by atoms with Crippen molar-refractivity contribution in [2.45, 2.75) is 13.0 Å². The zero-order valence-electron chi connectivity index (χ0n) is 8.03. The van der Waals surface area contributed by atoms with E-state index in [0.29, 0.717) is 18.5 Å². The van der Waals surface area contributed by atoms with Crippen molar-refractivity contribution in [2.24, 2.45) is 0 Å². The van der Waals surface area contributed by atoms with Gasteiger partial charge in [-0.3, -0.25) is 4.57 Å². The third-order valence-electron chi connectivity index (χ3n) is 2.30. The maximum Gasteiger partial charge on any atom is 0.326 e. The SMILES string of the molecule is O=c1[nH]c2c(F)cccc2n1CCCO. The number of nitrogens with zero attached hydrogens (tertiary/aromatic N) is 1. The van der Waals surface area contributed by atoms with Crippen LogP contribution in [-0.4, -0.2) is 21.3 Å². The second kappa shape index (κ2) is 3.86. The fraction of sp³-hybridized carbons (Fsp3) is 0.300. The number of fused-ring (bicyclic) bond motifs is 1. The van der Waals surface area contributed by atoms with Crippen LogP contribution >= 0.6 is 0 Å². The van der Waals surface area contributed by atoms with Crippen LogP contribution in [0.2, 0.25) is 0 Å². The van der Waals surface area contributed by atoms with E-state index in [0.717, 1.165) is 0 Å². The smallest absolute Gasteiger partial charge is 0.326 e. The van der Waals surface area contributed by atoms with E-state index in [4.69, 9.17) is 5.11 Å². The Morgan fingerprint density at radius 2 is 2.27 bits per heavy atom. The third kappa shape index (κ3) is 1.66. The van der Waals surface area contributed by atoms with E-state index in [1.165, 1.54) is 10.6 Å². The van der Waals surface area contributed by atoms with Gasteiger partial charge in [0.2, 0.25) is 0 Å². The van der Waals surface area contributed by atoms with Crippen LogP contribution in [0.3, 0.4) is 0 Å². The molecule has 2 aromatic rings. The lowest BCUT2D eigenvalue weighted by molar-refractivity contribution is 0.280. The molecule has 0 atom stereocenters. The van der Waals surface area contributed by atoms with Crippen LogP contribution in [0.25, 0.3) is 11.0 Å². The van der Waals surface area contributed by atoms with Gasteiger partial charge in [-0.25, -0.2) is 9.18 Å². The highest BCUT2D eigenvalue weighted by Crippen LogP contribution is 2.13. The van der Waals surface area contributed by atoms with Crippen molar-refractivity contribution >= 4 is 11.0 Å². The minimum absolute atomic E-state index is 0.00836. The molecule has 0 bridgehead atoms. The van der Waals surface area contributed by atoms with E-state index in [-0.39, 0.29) is 17.8 Å². The highest BCUT2D eigenvalue weighted by atomic mass is 19.1. The molecule has 0 aliphatic carbocycles. The highest BCUT2D eigenvalue weighted by Gasteiger charge is 2.08. The minimum atomic E-state index is -0.438. The number of aromatic nitrogens is 2. The van der Waals surface area contributed by atoms with Crippen molar-refractivity contribution in [3.63, 3.8) is 0 Å². The first-order valence-corrected chi connectivity index (χ1v) is 4.72. The first-order valence-electron chi connectivity index (χ1n) is 4.72. The second-order valence-corrected chi connectivity index (χ2v) is 3.29. The maximum absolute atomic E-state index is 13.3. The molecule has 0 fully saturated rings. The fourth-order valence-corrected chi connectivity index (χ4v) is 1.60. The molecule has 0 saturated heterocycles. The molecule has 4 nitrogen and oxygen atoms in total. The number of rotatable bonds is 3. The predicted octanol–water partition coefficient (Wildman–Crippen LogP) is 0.851. The molecule has 2 N–H and O–H groups in total.